The van der Waals surface area contributed by atoms with E-state index in [0.717, 1.165) is 19.0 Å². The Kier molecular flexibility index (Phi) is 15.2. The second-order valence-corrected chi connectivity index (χ2v) is 5.74. The molecule has 0 aromatic heterocycles. The lowest BCUT2D eigenvalue weighted by molar-refractivity contribution is -0.154. The van der Waals surface area contributed by atoms with Crippen LogP contribution in [0.15, 0.2) is 30.3 Å². The molecule has 5 heteroatoms. The van der Waals surface area contributed by atoms with Crippen LogP contribution in [0.25, 0.3) is 0 Å². The predicted octanol–water partition coefficient (Wildman–Crippen LogP) is 3.69. The number of carbonyl (C=O) groups is 1. The first-order valence-corrected chi connectivity index (χ1v) is 8.04. The van der Waals surface area contributed by atoms with E-state index in [-0.39, 0.29) is 12.4 Å². The molecule has 4 nitrogen and oxygen atoms in total. The number of rotatable bonds is 7. The number of benzene rings is 1. The van der Waals surface area contributed by atoms with Crippen LogP contribution < -0.4 is 0 Å². The molecule has 1 aromatic carbocycles. The molecule has 0 saturated carbocycles. The van der Waals surface area contributed by atoms with Crippen LogP contribution in [0.3, 0.4) is 0 Å². The van der Waals surface area contributed by atoms with Crippen molar-refractivity contribution >= 4 is 18.4 Å². The molecule has 0 saturated heterocycles. The Balaban J connectivity index is 0. The van der Waals surface area contributed by atoms with E-state index in [1.807, 2.05) is 6.07 Å². The van der Waals surface area contributed by atoms with Crippen LogP contribution in [0.5, 0.6) is 0 Å². The molecule has 0 spiro atoms. The molecule has 0 bridgehead atoms. The lowest BCUT2D eigenvalue weighted by atomic mass is 10.1. The highest BCUT2D eigenvalue weighted by atomic mass is 35.5. The van der Waals surface area contributed by atoms with Crippen LogP contribution in [0, 0.1) is 5.92 Å². The second kappa shape index (κ2) is 14.5. The summed E-state index contributed by atoms with van der Waals surface area (Å²) in [4.78, 5) is 13.8. The quantitative estimate of drug-likeness (QED) is 0.766. The van der Waals surface area contributed by atoms with Crippen molar-refractivity contribution in [1.29, 1.82) is 0 Å². The van der Waals surface area contributed by atoms with Crippen molar-refractivity contribution in [1.82, 2.24) is 4.90 Å². The predicted molar refractivity (Wildman–Crippen MR) is 97.9 cm³/mol. The van der Waals surface area contributed by atoms with E-state index >= 15 is 0 Å². The van der Waals surface area contributed by atoms with Crippen LogP contribution in [0.2, 0.25) is 0 Å². The van der Waals surface area contributed by atoms with Crippen molar-refractivity contribution < 1.29 is 14.6 Å². The Morgan fingerprint density at radius 3 is 2.04 bits per heavy atom. The van der Waals surface area contributed by atoms with Crippen molar-refractivity contribution in [2.24, 2.45) is 5.92 Å². The lowest BCUT2D eigenvalue weighted by Gasteiger charge is -2.18. The van der Waals surface area contributed by atoms with Gasteiger partial charge in [-0.1, -0.05) is 65.0 Å². The molecule has 0 radical (unpaired) electrons. The van der Waals surface area contributed by atoms with Gasteiger partial charge in [0.2, 0.25) is 0 Å². The molecular formula is C18H32ClNO3. The summed E-state index contributed by atoms with van der Waals surface area (Å²) in [6.45, 7) is 13.5. The summed E-state index contributed by atoms with van der Waals surface area (Å²) in [7, 11) is 0. The molecule has 1 rings (SSSR count). The van der Waals surface area contributed by atoms with Gasteiger partial charge in [0.05, 0.1) is 0 Å². The minimum atomic E-state index is -1.19. The van der Waals surface area contributed by atoms with Crippen molar-refractivity contribution in [2.75, 3.05) is 26.2 Å². The van der Waals surface area contributed by atoms with E-state index in [2.05, 4.69) is 39.5 Å². The largest absolute Gasteiger partial charge is 0.462 e. The zero-order chi connectivity index (χ0) is 17.0. The van der Waals surface area contributed by atoms with Gasteiger partial charge in [0.1, 0.15) is 6.61 Å². The van der Waals surface area contributed by atoms with Crippen LogP contribution in [-0.2, 0) is 9.53 Å². The molecule has 134 valence electrons. The first-order chi connectivity index (χ1) is 10.4. The van der Waals surface area contributed by atoms with E-state index in [0.29, 0.717) is 18.7 Å². The van der Waals surface area contributed by atoms with Crippen LogP contribution in [-0.4, -0.2) is 42.2 Å². The van der Waals surface area contributed by atoms with E-state index in [1.54, 1.807) is 24.3 Å². The minimum Gasteiger partial charge on any atom is -0.462 e. The Bertz CT molecular complexity index is 392. The average Bonchev–Trinajstić information content (AvgIpc) is 2.51. The number of aliphatic hydroxyl groups is 1. The second-order valence-electron chi connectivity index (χ2n) is 5.74. The van der Waals surface area contributed by atoms with Crippen LogP contribution in [0.1, 0.15) is 46.3 Å². The van der Waals surface area contributed by atoms with Gasteiger partial charge in [-0.2, -0.15) is 0 Å². The summed E-state index contributed by atoms with van der Waals surface area (Å²) >= 11 is 0. The van der Waals surface area contributed by atoms with Gasteiger partial charge in [0.15, 0.2) is 6.10 Å². The molecule has 0 fully saturated rings. The molecule has 1 unspecified atom stereocenters. The Morgan fingerprint density at radius 1 is 1.13 bits per heavy atom. The fraction of sp³-hybridized carbons (Fsp3) is 0.611. The monoisotopic (exact) mass is 345 g/mol. The highest BCUT2D eigenvalue weighted by Gasteiger charge is 2.18. The molecule has 23 heavy (non-hydrogen) atoms. The van der Waals surface area contributed by atoms with Gasteiger partial charge in [0.25, 0.3) is 0 Å². The summed E-state index contributed by atoms with van der Waals surface area (Å²) in [5, 5.41) is 9.78. The Hall–Kier alpha value is -1.10. The van der Waals surface area contributed by atoms with Crippen LogP contribution >= 0.6 is 12.4 Å². The number of ether oxygens (including phenoxy) is 1. The summed E-state index contributed by atoms with van der Waals surface area (Å²) in [6, 6.07) is 8.80. The van der Waals surface area contributed by atoms with Gasteiger partial charge in [0, 0.05) is 6.54 Å². The van der Waals surface area contributed by atoms with Crippen molar-refractivity contribution in [3.05, 3.63) is 35.9 Å². The topological polar surface area (TPSA) is 49.8 Å². The fourth-order valence-corrected chi connectivity index (χ4v) is 1.67. The average molecular weight is 346 g/mol. The smallest absolute Gasteiger partial charge is 0.339 e. The third-order valence-corrected chi connectivity index (χ3v) is 2.88. The first-order valence-electron chi connectivity index (χ1n) is 8.04. The van der Waals surface area contributed by atoms with E-state index < -0.39 is 12.1 Å². The third kappa shape index (κ3) is 12.0. The van der Waals surface area contributed by atoms with Crippen molar-refractivity contribution in [2.45, 2.75) is 40.7 Å². The highest BCUT2D eigenvalue weighted by molar-refractivity contribution is 5.85. The molecule has 0 aliphatic rings. The molecule has 1 aromatic rings. The minimum absolute atomic E-state index is 0. The number of carbonyl (C=O) groups excluding carboxylic acids is 1. The van der Waals surface area contributed by atoms with Gasteiger partial charge in [-0.3, -0.25) is 0 Å². The van der Waals surface area contributed by atoms with Crippen molar-refractivity contribution in [3.8, 4) is 0 Å². The normalized spacial score (nSPS) is 11.3. The number of aliphatic hydroxyl groups excluding tert-OH is 1. The summed E-state index contributed by atoms with van der Waals surface area (Å²) in [5.74, 6) is 0.244. The molecule has 0 amide bonds. The number of likely N-dealkylation sites (N-methyl/N-ethyl adjacent to an activating group) is 1. The van der Waals surface area contributed by atoms with E-state index in [1.165, 1.54) is 0 Å². The number of hydrogen-bond acceptors (Lipinski definition) is 4. The van der Waals surface area contributed by atoms with Gasteiger partial charge in [-0.25, -0.2) is 4.79 Å². The van der Waals surface area contributed by atoms with Gasteiger partial charge >= 0.3 is 5.97 Å². The zero-order valence-electron chi connectivity index (χ0n) is 15.0. The van der Waals surface area contributed by atoms with E-state index in [4.69, 9.17) is 4.74 Å². The standard InChI is InChI=1S/C14H21NO3.C4H10.ClH/c1-3-15(4-2)10-11-18-14(17)13(16)12-8-6-5-7-9-12;1-4(2)3;/h5-9,13,16H,3-4,10-11H2,1-2H3;4H,1-3H3;1H. The van der Waals surface area contributed by atoms with E-state index in [9.17, 15) is 9.90 Å². The number of nitrogens with zero attached hydrogens (tertiary/aromatic N) is 1. The summed E-state index contributed by atoms with van der Waals surface area (Å²) in [6.07, 6.45) is -1.19. The Labute approximate surface area is 147 Å². The summed E-state index contributed by atoms with van der Waals surface area (Å²) < 4.78 is 5.06. The number of hydrogen-bond donors (Lipinski definition) is 1. The van der Waals surface area contributed by atoms with Gasteiger partial charge in [-0.05, 0) is 24.6 Å². The highest BCUT2D eigenvalue weighted by Crippen LogP contribution is 2.13. The van der Waals surface area contributed by atoms with Crippen LogP contribution in [0.4, 0.5) is 0 Å². The molecule has 0 aliphatic heterocycles. The van der Waals surface area contributed by atoms with Gasteiger partial charge in [-0.15, -0.1) is 12.4 Å². The lowest BCUT2D eigenvalue weighted by Crippen LogP contribution is -2.28. The molecular weight excluding hydrogens is 314 g/mol. The molecule has 0 aliphatic carbocycles. The molecule has 0 heterocycles. The SMILES string of the molecule is CC(C)C.CCN(CC)CCOC(=O)C(O)c1ccccc1.Cl. The third-order valence-electron chi connectivity index (χ3n) is 2.88. The fourth-order valence-electron chi connectivity index (χ4n) is 1.67. The molecule has 1 N–H and O–H groups in total. The number of esters is 1. The molecule has 1 atom stereocenters. The summed E-state index contributed by atoms with van der Waals surface area (Å²) in [5.41, 5.74) is 0.560. The Morgan fingerprint density at radius 2 is 1.61 bits per heavy atom. The van der Waals surface area contributed by atoms with Crippen molar-refractivity contribution in [3.63, 3.8) is 0 Å². The first kappa shape index (κ1) is 24.2. The maximum absolute atomic E-state index is 11.6. The zero-order valence-corrected chi connectivity index (χ0v) is 15.8. The number of halogens is 1. The van der Waals surface area contributed by atoms with Gasteiger partial charge < -0.3 is 14.7 Å². The maximum atomic E-state index is 11.6. The maximum Gasteiger partial charge on any atom is 0.339 e.